The van der Waals surface area contributed by atoms with Gasteiger partial charge in [0.25, 0.3) is 5.91 Å². The summed E-state index contributed by atoms with van der Waals surface area (Å²) in [7, 11) is 0. The lowest BCUT2D eigenvalue weighted by Gasteiger charge is -2.34. The largest absolute Gasteiger partial charge is 0.395 e. The van der Waals surface area contributed by atoms with Gasteiger partial charge in [-0.1, -0.05) is 0 Å². The minimum absolute atomic E-state index is 0.00820. The summed E-state index contributed by atoms with van der Waals surface area (Å²) >= 11 is 0. The Kier molecular flexibility index (Phi) is 4.11. The topological polar surface area (TPSA) is 82.7 Å². The highest BCUT2D eigenvalue weighted by atomic mass is 16.3. The third-order valence-electron chi connectivity index (χ3n) is 3.11. The first-order valence-corrected chi connectivity index (χ1v) is 6.04. The van der Waals surface area contributed by atoms with E-state index in [0.29, 0.717) is 31.0 Å². The molecule has 2 rings (SSSR count). The molecule has 0 aromatic carbocycles. The van der Waals surface area contributed by atoms with Crippen LogP contribution in [-0.4, -0.2) is 65.1 Å². The van der Waals surface area contributed by atoms with Crippen LogP contribution in [0, 0.1) is 0 Å². The van der Waals surface area contributed by atoms with Crippen molar-refractivity contribution in [3.8, 4) is 0 Å². The molecule has 1 aromatic heterocycles. The Morgan fingerprint density at radius 2 is 2.06 bits per heavy atom. The van der Waals surface area contributed by atoms with Crippen LogP contribution in [0.3, 0.4) is 0 Å². The molecule has 1 aromatic rings. The monoisotopic (exact) mass is 250 g/mol. The highest BCUT2D eigenvalue weighted by Crippen LogP contribution is 2.09. The first-order valence-electron chi connectivity index (χ1n) is 6.04. The number of nitrogens with zero attached hydrogens (tertiary/aromatic N) is 3. The quantitative estimate of drug-likeness (QED) is 0.749. The normalized spacial score (nSPS) is 16.8. The zero-order valence-corrected chi connectivity index (χ0v) is 10.2. The molecule has 98 valence electrons. The van der Waals surface area contributed by atoms with Crippen LogP contribution in [0.5, 0.6) is 0 Å². The van der Waals surface area contributed by atoms with Crippen LogP contribution in [0.15, 0.2) is 18.3 Å². The van der Waals surface area contributed by atoms with Crippen molar-refractivity contribution in [2.75, 3.05) is 45.1 Å². The van der Waals surface area contributed by atoms with Crippen molar-refractivity contribution in [1.29, 1.82) is 0 Å². The number of aromatic nitrogens is 1. The van der Waals surface area contributed by atoms with Crippen LogP contribution >= 0.6 is 0 Å². The van der Waals surface area contributed by atoms with Crippen molar-refractivity contribution in [3.05, 3.63) is 23.9 Å². The highest BCUT2D eigenvalue weighted by Gasteiger charge is 2.21. The van der Waals surface area contributed by atoms with E-state index in [2.05, 4.69) is 9.88 Å². The smallest absolute Gasteiger partial charge is 0.255 e. The predicted octanol–water partition coefficient (Wildman–Crippen LogP) is -0.586. The summed E-state index contributed by atoms with van der Waals surface area (Å²) in [6.07, 6.45) is 1.51. The number of piperazine rings is 1. The first-order chi connectivity index (χ1) is 8.70. The first kappa shape index (κ1) is 12.8. The summed E-state index contributed by atoms with van der Waals surface area (Å²) < 4.78 is 0. The fraction of sp³-hybridized carbons (Fsp3) is 0.500. The number of carbonyl (C=O) groups excluding carboxylic acids is 1. The molecule has 0 saturated carbocycles. The zero-order valence-electron chi connectivity index (χ0n) is 10.2. The second-order valence-corrected chi connectivity index (χ2v) is 4.33. The van der Waals surface area contributed by atoms with Crippen molar-refractivity contribution in [2.24, 2.45) is 0 Å². The van der Waals surface area contributed by atoms with Crippen molar-refractivity contribution in [1.82, 2.24) is 14.8 Å². The van der Waals surface area contributed by atoms with Crippen molar-refractivity contribution in [2.45, 2.75) is 0 Å². The van der Waals surface area contributed by atoms with E-state index in [4.69, 9.17) is 10.8 Å². The maximum Gasteiger partial charge on any atom is 0.255 e. The number of anilines is 1. The number of aliphatic hydroxyl groups excluding tert-OH is 1. The van der Waals surface area contributed by atoms with Crippen LogP contribution in [0.2, 0.25) is 0 Å². The van der Waals surface area contributed by atoms with E-state index in [1.807, 2.05) is 0 Å². The summed E-state index contributed by atoms with van der Waals surface area (Å²) in [5.41, 5.74) is 6.06. The van der Waals surface area contributed by atoms with Gasteiger partial charge in [0.1, 0.15) is 5.82 Å². The van der Waals surface area contributed by atoms with Gasteiger partial charge in [-0.25, -0.2) is 4.98 Å². The van der Waals surface area contributed by atoms with E-state index in [-0.39, 0.29) is 12.5 Å². The van der Waals surface area contributed by atoms with Gasteiger partial charge in [-0.2, -0.15) is 0 Å². The molecule has 1 fully saturated rings. The fourth-order valence-corrected chi connectivity index (χ4v) is 2.03. The fourth-order valence-electron chi connectivity index (χ4n) is 2.03. The lowest BCUT2D eigenvalue weighted by Crippen LogP contribution is -2.49. The van der Waals surface area contributed by atoms with E-state index >= 15 is 0 Å². The lowest BCUT2D eigenvalue weighted by atomic mass is 10.2. The number of aliphatic hydroxyl groups is 1. The summed E-state index contributed by atoms with van der Waals surface area (Å²) in [6, 6.07) is 3.33. The van der Waals surface area contributed by atoms with Crippen LogP contribution < -0.4 is 5.73 Å². The molecule has 6 heteroatoms. The van der Waals surface area contributed by atoms with E-state index < -0.39 is 0 Å². The molecule has 6 nitrogen and oxygen atoms in total. The molecule has 0 spiro atoms. The van der Waals surface area contributed by atoms with E-state index in [1.54, 1.807) is 17.0 Å². The number of hydrogen-bond acceptors (Lipinski definition) is 5. The van der Waals surface area contributed by atoms with Crippen molar-refractivity contribution >= 4 is 11.7 Å². The Bertz CT molecular complexity index is 399. The summed E-state index contributed by atoms with van der Waals surface area (Å²) in [4.78, 5) is 20.0. The molecule has 18 heavy (non-hydrogen) atoms. The van der Waals surface area contributed by atoms with Gasteiger partial charge in [0.05, 0.1) is 12.2 Å². The van der Waals surface area contributed by atoms with E-state index in [1.165, 1.54) is 6.20 Å². The molecule has 1 saturated heterocycles. The Morgan fingerprint density at radius 3 is 2.61 bits per heavy atom. The SMILES string of the molecule is Nc1ccc(C(=O)N2CCN(CCO)CC2)cn1. The molecular weight excluding hydrogens is 232 g/mol. The third kappa shape index (κ3) is 2.96. The molecule has 0 radical (unpaired) electrons. The molecule has 0 unspecified atom stereocenters. The van der Waals surface area contributed by atoms with Gasteiger partial charge in [0.15, 0.2) is 0 Å². The van der Waals surface area contributed by atoms with Crippen LogP contribution in [-0.2, 0) is 0 Å². The molecule has 1 aliphatic rings. The Morgan fingerprint density at radius 1 is 1.33 bits per heavy atom. The number of β-amino-alcohol motifs (C(OH)–C–C–N with tert-alkyl or cyclic N) is 1. The number of nitrogens with two attached hydrogens (primary N) is 1. The minimum atomic E-state index is -0.00820. The number of hydrogen-bond donors (Lipinski definition) is 2. The molecular formula is C12H18N4O2. The van der Waals surface area contributed by atoms with Gasteiger partial charge in [-0.3, -0.25) is 9.69 Å². The number of carbonyl (C=O) groups is 1. The van der Waals surface area contributed by atoms with Crippen LogP contribution in [0.25, 0.3) is 0 Å². The van der Waals surface area contributed by atoms with Crippen LogP contribution in [0.1, 0.15) is 10.4 Å². The third-order valence-corrected chi connectivity index (χ3v) is 3.11. The van der Waals surface area contributed by atoms with Crippen molar-refractivity contribution < 1.29 is 9.90 Å². The Balaban J connectivity index is 1.93. The second kappa shape index (κ2) is 5.79. The molecule has 0 atom stereocenters. The average Bonchev–Trinajstić information content (AvgIpc) is 2.40. The van der Waals surface area contributed by atoms with Gasteiger partial charge in [-0.05, 0) is 12.1 Å². The standard InChI is InChI=1S/C12H18N4O2/c13-11-2-1-10(9-14-11)12(18)16-5-3-15(4-6-16)7-8-17/h1-2,9,17H,3-8H2,(H2,13,14). The Labute approximate surface area is 106 Å². The van der Waals surface area contributed by atoms with Gasteiger partial charge in [0, 0.05) is 38.9 Å². The molecule has 0 bridgehead atoms. The zero-order chi connectivity index (χ0) is 13.0. The van der Waals surface area contributed by atoms with Crippen LogP contribution in [0.4, 0.5) is 5.82 Å². The predicted molar refractivity (Wildman–Crippen MR) is 68.1 cm³/mol. The number of nitrogen functional groups attached to an aromatic ring is 1. The minimum Gasteiger partial charge on any atom is -0.395 e. The highest BCUT2D eigenvalue weighted by molar-refractivity contribution is 5.94. The Hall–Kier alpha value is -1.66. The van der Waals surface area contributed by atoms with Gasteiger partial charge in [0.2, 0.25) is 0 Å². The summed E-state index contributed by atoms with van der Waals surface area (Å²) in [5.74, 6) is 0.408. The number of pyridine rings is 1. The molecule has 2 heterocycles. The maximum absolute atomic E-state index is 12.2. The van der Waals surface area contributed by atoms with E-state index in [9.17, 15) is 4.79 Å². The summed E-state index contributed by atoms with van der Waals surface area (Å²) in [5, 5.41) is 8.86. The van der Waals surface area contributed by atoms with Gasteiger partial charge in [-0.15, -0.1) is 0 Å². The number of amides is 1. The molecule has 0 aliphatic carbocycles. The maximum atomic E-state index is 12.2. The lowest BCUT2D eigenvalue weighted by molar-refractivity contribution is 0.0614. The number of rotatable bonds is 3. The van der Waals surface area contributed by atoms with Gasteiger partial charge < -0.3 is 15.7 Å². The molecule has 1 aliphatic heterocycles. The van der Waals surface area contributed by atoms with E-state index in [0.717, 1.165) is 13.1 Å². The average molecular weight is 250 g/mol. The van der Waals surface area contributed by atoms with Crippen molar-refractivity contribution in [3.63, 3.8) is 0 Å². The van der Waals surface area contributed by atoms with Gasteiger partial charge >= 0.3 is 0 Å². The molecule has 1 amide bonds. The second-order valence-electron chi connectivity index (χ2n) is 4.33. The summed E-state index contributed by atoms with van der Waals surface area (Å²) in [6.45, 7) is 3.80. The molecule has 3 N–H and O–H groups in total.